The molecule has 0 saturated heterocycles. The topological polar surface area (TPSA) is 50.8 Å². The van der Waals surface area contributed by atoms with Gasteiger partial charge in [-0.15, -0.1) is 0 Å². The van der Waals surface area contributed by atoms with Crippen LogP contribution in [-0.4, -0.2) is 4.90 Å². The predicted molar refractivity (Wildman–Crippen MR) is 119 cm³/mol. The van der Waals surface area contributed by atoms with Crippen molar-refractivity contribution in [3.05, 3.63) is 118 Å². The fraction of sp³-hybridized carbons (Fsp3) is 0.0769. The van der Waals surface area contributed by atoms with Gasteiger partial charge in [0.15, 0.2) is 0 Å². The summed E-state index contributed by atoms with van der Waals surface area (Å²) in [6, 6.07) is 32.2. The molecule has 1 aliphatic carbocycles. The van der Waals surface area contributed by atoms with E-state index in [1.807, 2.05) is 72.8 Å². The second kappa shape index (κ2) is 8.70. The van der Waals surface area contributed by atoms with Gasteiger partial charge in [0.1, 0.15) is 17.7 Å². The van der Waals surface area contributed by atoms with Crippen LogP contribution < -0.4 is 0 Å². The van der Waals surface area contributed by atoms with Gasteiger partial charge in [-0.3, -0.25) is 0 Å². The van der Waals surface area contributed by atoms with Crippen molar-refractivity contribution in [3.8, 4) is 12.1 Å². The van der Waals surface area contributed by atoms with Crippen LogP contribution in [0, 0.1) is 22.7 Å². The van der Waals surface area contributed by atoms with Crippen LogP contribution in [0.25, 0.3) is 11.3 Å². The van der Waals surface area contributed by atoms with Gasteiger partial charge in [0.25, 0.3) is 0 Å². The van der Waals surface area contributed by atoms with Gasteiger partial charge in [0, 0.05) is 24.2 Å². The fourth-order valence-electron chi connectivity index (χ4n) is 3.77. The molecule has 0 saturated carbocycles. The maximum Gasteiger partial charge on any atom is 0.139 e. The van der Waals surface area contributed by atoms with E-state index in [2.05, 4.69) is 29.2 Å². The lowest BCUT2D eigenvalue weighted by molar-refractivity contribution is 0.384. The predicted octanol–water partition coefficient (Wildman–Crippen LogP) is 6.11. The fourth-order valence-corrected chi connectivity index (χ4v) is 4.19. The number of benzene rings is 3. The minimum atomic E-state index is 0.0295. The summed E-state index contributed by atoms with van der Waals surface area (Å²) in [5.74, 6) is 0. The average molecular weight is 408 g/mol. The van der Waals surface area contributed by atoms with Crippen molar-refractivity contribution in [2.45, 2.75) is 13.1 Å². The summed E-state index contributed by atoms with van der Waals surface area (Å²) in [5.41, 5.74) is 5.45. The molecule has 0 N–H and O–H groups in total. The van der Waals surface area contributed by atoms with Crippen LogP contribution in [-0.2, 0) is 13.1 Å². The molecule has 0 unspecified atom stereocenters. The Bertz CT molecular complexity index is 1150. The SMILES string of the molecule is N#CC(C#N)=C1C(Cl)=C(N(Cc2ccccc2)Cc2ccccc2)c2ccccc21. The lowest BCUT2D eigenvalue weighted by Gasteiger charge is -2.27. The van der Waals surface area contributed by atoms with E-state index >= 15 is 0 Å². The molecule has 0 aromatic heterocycles. The normalized spacial score (nSPS) is 12.2. The van der Waals surface area contributed by atoms with Gasteiger partial charge in [0.2, 0.25) is 0 Å². The van der Waals surface area contributed by atoms with Gasteiger partial charge in [-0.05, 0) is 16.7 Å². The first kappa shape index (κ1) is 19.5. The number of nitrogens with zero attached hydrogens (tertiary/aromatic N) is 3. The molecule has 3 aromatic rings. The molecule has 0 spiro atoms. The Morgan fingerprint density at radius 2 is 1.17 bits per heavy atom. The summed E-state index contributed by atoms with van der Waals surface area (Å²) in [7, 11) is 0. The number of allylic oxidation sites excluding steroid dienone is 3. The third kappa shape index (κ3) is 3.72. The monoisotopic (exact) mass is 407 g/mol. The summed E-state index contributed by atoms with van der Waals surface area (Å²) in [4.78, 5) is 2.21. The lowest BCUT2D eigenvalue weighted by atomic mass is 10.0. The first-order valence-electron chi connectivity index (χ1n) is 9.60. The van der Waals surface area contributed by atoms with E-state index in [-0.39, 0.29) is 5.57 Å². The Morgan fingerprint density at radius 3 is 1.67 bits per heavy atom. The first-order valence-corrected chi connectivity index (χ1v) is 9.98. The third-order valence-corrected chi connectivity index (χ3v) is 5.47. The average Bonchev–Trinajstić information content (AvgIpc) is 3.08. The maximum absolute atomic E-state index is 9.50. The van der Waals surface area contributed by atoms with Crippen molar-refractivity contribution in [2.75, 3.05) is 0 Å². The zero-order chi connectivity index (χ0) is 20.9. The van der Waals surface area contributed by atoms with Crippen molar-refractivity contribution in [1.82, 2.24) is 4.90 Å². The number of halogens is 1. The van der Waals surface area contributed by atoms with Gasteiger partial charge in [-0.1, -0.05) is 96.5 Å². The summed E-state index contributed by atoms with van der Waals surface area (Å²) < 4.78 is 0. The van der Waals surface area contributed by atoms with Crippen molar-refractivity contribution in [3.63, 3.8) is 0 Å². The third-order valence-electron chi connectivity index (χ3n) is 5.10. The summed E-state index contributed by atoms with van der Waals surface area (Å²) >= 11 is 6.87. The quantitative estimate of drug-likeness (QED) is 0.479. The molecule has 3 aromatic carbocycles. The van der Waals surface area contributed by atoms with E-state index in [1.165, 1.54) is 0 Å². The summed E-state index contributed by atoms with van der Waals surface area (Å²) in [6.07, 6.45) is 0. The van der Waals surface area contributed by atoms with Crippen LogP contribution >= 0.6 is 11.6 Å². The summed E-state index contributed by atoms with van der Waals surface area (Å²) in [6.45, 7) is 1.30. The molecule has 4 heteroatoms. The lowest BCUT2D eigenvalue weighted by Crippen LogP contribution is -2.21. The molecule has 0 heterocycles. The number of rotatable bonds is 5. The Labute approximate surface area is 181 Å². The van der Waals surface area contributed by atoms with Crippen LogP contribution in [0.3, 0.4) is 0 Å². The highest BCUT2D eigenvalue weighted by Crippen LogP contribution is 2.46. The molecule has 4 rings (SSSR count). The van der Waals surface area contributed by atoms with Crippen LogP contribution in [0.15, 0.2) is 95.5 Å². The Hall–Kier alpha value is -3.79. The Kier molecular flexibility index (Phi) is 5.66. The van der Waals surface area contributed by atoms with Crippen LogP contribution in [0.4, 0.5) is 0 Å². The van der Waals surface area contributed by atoms with E-state index in [1.54, 1.807) is 0 Å². The standard InChI is InChI=1S/C26H18ClN3/c27-25-24(21(15-28)16-29)22-13-7-8-14-23(22)26(25)30(17-19-9-3-1-4-10-19)18-20-11-5-2-6-12-20/h1-14H,17-18H2. The first-order chi connectivity index (χ1) is 14.7. The van der Waals surface area contributed by atoms with E-state index in [0.717, 1.165) is 28.0 Å². The van der Waals surface area contributed by atoms with Crippen molar-refractivity contribution < 1.29 is 0 Å². The van der Waals surface area contributed by atoms with Crippen molar-refractivity contribution in [2.24, 2.45) is 0 Å². The molecule has 0 fully saturated rings. The smallest absolute Gasteiger partial charge is 0.139 e. The minimum Gasteiger partial charge on any atom is -0.361 e. The molecule has 0 radical (unpaired) electrons. The minimum absolute atomic E-state index is 0.0295. The Morgan fingerprint density at radius 1 is 0.700 bits per heavy atom. The molecule has 3 nitrogen and oxygen atoms in total. The molecule has 30 heavy (non-hydrogen) atoms. The molecular weight excluding hydrogens is 390 g/mol. The number of hydrogen-bond donors (Lipinski definition) is 0. The van der Waals surface area contributed by atoms with Crippen LogP contribution in [0.1, 0.15) is 22.3 Å². The highest BCUT2D eigenvalue weighted by molar-refractivity contribution is 6.42. The number of fused-ring (bicyclic) bond motifs is 1. The van der Waals surface area contributed by atoms with Crippen molar-refractivity contribution >= 4 is 22.9 Å². The highest BCUT2D eigenvalue weighted by atomic mass is 35.5. The largest absolute Gasteiger partial charge is 0.361 e. The molecule has 0 bridgehead atoms. The second-order valence-corrected chi connectivity index (χ2v) is 7.39. The van der Waals surface area contributed by atoms with Crippen LogP contribution in [0.2, 0.25) is 0 Å². The molecule has 0 amide bonds. The Balaban J connectivity index is 1.88. The van der Waals surface area contributed by atoms with E-state index < -0.39 is 0 Å². The number of hydrogen-bond acceptors (Lipinski definition) is 3. The van der Waals surface area contributed by atoms with Crippen LogP contribution in [0.5, 0.6) is 0 Å². The van der Waals surface area contributed by atoms with Crippen molar-refractivity contribution in [1.29, 1.82) is 10.5 Å². The molecule has 144 valence electrons. The highest BCUT2D eigenvalue weighted by Gasteiger charge is 2.31. The van der Waals surface area contributed by atoms with E-state index in [0.29, 0.717) is 23.7 Å². The zero-order valence-corrected chi connectivity index (χ0v) is 17.0. The second-order valence-electron chi connectivity index (χ2n) is 7.01. The van der Waals surface area contributed by atoms with E-state index in [9.17, 15) is 10.5 Å². The van der Waals surface area contributed by atoms with Gasteiger partial charge >= 0.3 is 0 Å². The molecule has 0 atom stereocenters. The molecular formula is C26H18ClN3. The molecule has 0 aliphatic heterocycles. The van der Waals surface area contributed by atoms with Gasteiger partial charge in [-0.25, -0.2) is 0 Å². The zero-order valence-electron chi connectivity index (χ0n) is 16.2. The maximum atomic E-state index is 9.50. The molecule has 1 aliphatic rings. The number of nitriles is 2. The van der Waals surface area contributed by atoms with E-state index in [4.69, 9.17) is 11.6 Å². The van der Waals surface area contributed by atoms with Gasteiger partial charge in [0.05, 0.1) is 10.7 Å². The van der Waals surface area contributed by atoms with Gasteiger partial charge in [-0.2, -0.15) is 10.5 Å². The van der Waals surface area contributed by atoms with Gasteiger partial charge < -0.3 is 4.90 Å². The summed E-state index contributed by atoms with van der Waals surface area (Å²) in [5, 5.41) is 19.4.